The van der Waals surface area contributed by atoms with Gasteiger partial charge in [0.05, 0.1) is 5.52 Å². The van der Waals surface area contributed by atoms with Crippen LogP contribution in [0.25, 0.3) is 11.1 Å². The molecular formula is C13H16N2O3. The van der Waals surface area contributed by atoms with Crippen molar-refractivity contribution in [3.8, 4) is 0 Å². The van der Waals surface area contributed by atoms with Gasteiger partial charge in [-0.3, -0.25) is 9.78 Å². The van der Waals surface area contributed by atoms with Crippen molar-refractivity contribution in [1.82, 2.24) is 4.98 Å². The van der Waals surface area contributed by atoms with Crippen LogP contribution in [0.3, 0.4) is 0 Å². The number of nitrogens with one attached hydrogen (secondary N) is 1. The van der Waals surface area contributed by atoms with Gasteiger partial charge in [0.1, 0.15) is 0 Å². The van der Waals surface area contributed by atoms with Gasteiger partial charge in [-0.2, -0.15) is 0 Å². The van der Waals surface area contributed by atoms with Gasteiger partial charge in [0, 0.05) is 17.5 Å². The summed E-state index contributed by atoms with van der Waals surface area (Å²) in [5, 5.41) is 0. The number of nitrogens with two attached hydrogens (primary N) is 1. The first-order valence-corrected chi connectivity index (χ1v) is 5.80. The van der Waals surface area contributed by atoms with Crippen molar-refractivity contribution in [2.24, 2.45) is 5.73 Å². The number of aromatic nitrogens is 1. The molecule has 0 aliphatic heterocycles. The van der Waals surface area contributed by atoms with Crippen LogP contribution in [0, 0.1) is 0 Å². The monoisotopic (exact) mass is 248 g/mol. The second-order valence-corrected chi connectivity index (χ2v) is 5.14. The molecular weight excluding hydrogens is 232 g/mol. The van der Waals surface area contributed by atoms with Gasteiger partial charge in [-0.1, -0.05) is 0 Å². The van der Waals surface area contributed by atoms with Gasteiger partial charge >= 0.3 is 5.76 Å². The Morgan fingerprint density at radius 2 is 2.17 bits per heavy atom. The average Bonchev–Trinajstić information content (AvgIpc) is 2.63. The number of Topliss-reactive ketones (excluding diaryl/α,β-unsaturated/α-hetero) is 1. The number of fused-ring (bicyclic) bond motifs is 1. The molecule has 0 saturated heterocycles. The van der Waals surface area contributed by atoms with Crippen molar-refractivity contribution in [2.45, 2.75) is 32.2 Å². The number of hydrogen-bond acceptors (Lipinski definition) is 4. The number of benzene rings is 1. The maximum Gasteiger partial charge on any atom is 0.417 e. The summed E-state index contributed by atoms with van der Waals surface area (Å²) in [5.41, 5.74) is 7.04. The first kappa shape index (κ1) is 12.6. The van der Waals surface area contributed by atoms with Crippen LogP contribution in [-0.2, 0) is 0 Å². The number of carbonyl (C=O) groups excluding carboxylic acids is 1. The van der Waals surface area contributed by atoms with Gasteiger partial charge in [0.25, 0.3) is 0 Å². The Labute approximate surface area is 104 Å². The van der Waals surface area contributed by atoms with Crippen molar-refractivity contribution in [3.05, 3.63) is 34.3 Å². The number of ketones is 1. The number of aromatic amines is 1. The highest BCUT2D eigenvalue weighted by molar-refractivity contribution is 5.98. The molecule has 0 atom stereocenters. The van der Waals surface area contributed by atoms with E-state index in [1.165, 1.54) is 0 Å². The summed E-state index contributed by atoms with van der Waals surface area (Å²) in [5.74, 6) is -0.504. The maximum absolute atomic E-state index is 12.0. The molecule has 96 valence electrons. The molecule has 0 aliphatic carbocycles. The molecule has 0 spiro atoms. The second kappa shape index (κ2) is 4.42. The van der Waals surface area contributed by atoms with Crippen LogP contribution in [0.4, 0.5) is 0 Å². The molecule has 5 nitrogen and oxygen atoms in total. The van der Waals surface area contributed by atoms with Crippen LogP contribution in [0.15, 0.2) is 27.4 Å². The molecule has 2 aromatic rings. The van der Waals surface area contributed by atoms with Gasteiger partial charge in [-0.05, 0) is 38.5 Å². The second-order valence-electron chi connectivity index (χ2n) is 5.14. The molecule has 0 amide bonds. The van der Waals surface area contributed by atoms with E-state index in [1.54, 1.807) is 18.2 Å². The summed E-state index contributed by atoms with van der Waals surface area (Å²) in [6.45, 7) is 3.77. The Kier molecular flexibility index (Phi) is 3.09. The molecule has 1 heterocycles. The van der Waals surface area contributed by atoms with E-state index in [0.29, 0.717) is 29.5 Å². The lowest BCUT2D eigenvalue weighted by atomic mass is 9.96. The summed E-state index contributed by atoms with van der Waals surface area (Å²) < 4.78 is 4.87. The van der Waals surface area contributed by atoms with Crippen LogP contribution in [0.5, 0.6) is 0 Å². The Morgan fingerprint density at radius 1 is 1.44 bits per heavy atom. The molecule has 1 aromatic heterocycles. The fraction of sp³-hybridized carbons (Fsp3) is 0.385. The van der Waals surface area contributed by atoms with E-state index in [0.717, 1.165) is 0 Å². The molecule has 0 saturated carbocycles. The highest BCUT2D eigenvalue weighted by atomic mass is 16.4. The molecule has 2 rings (SSSR count). The largest absolute Gasteiger partial charge is 0.417 e. The topological polar surface area (TPSA) is 89.1 Å². The van der Waals surface area contributed by atoms with Crippen LogP contribution in [0.1, 0.15) is 37.0 Å². The summed E-state index contributed by atoms with van der Waals surface area (Å²) in [7, 11) is 0. The van der Waals surface area contributed by atoms with E-state index in [1.807, 2.05) is 13.8 Å². The number of H-pyrrole nitrogens is 1. The van der Waals surface area contributed by atoms with Crippen molar-refractivity contribution in [1.29, 1.82) is 0 Å². The Bertz CT molecular complexity index is 631. The van der Waals surface area contributed by atoms with Crippen LogP contribution >= 0.6 is 0 Å². The number of hydrogen-bond donors (Lipinski definition) is 2. The van der Waals surface area contributed by atoms with Gasteiger partial charge in [0.15, 0.2) is 11.4 Å². The molecule has 0 unspecified atom stereocenters. The highest BCUT2D eigenvalue weighted by Gasteiger charge is 2.15. The lowest BCUT2D eigenvalue weighted by Crippen LogP contribution is -2.32. The SMILES string of the molecule is CC(C)(N)CCC(=O)c1ccc2oc(=O)[nH]c2c1. The number of oxazole rings is 1. The van der Waals surface area contributed by atoms with Crippen molar-refractivity contribution < 1.29 is 9.21 Å². The predicted molar refractivity (Wildman–Crippen MR) is 68.7 cm³/mol. The first-order chi connectivity index (χ1) is 8.35. The lowest BCUT2D eigenvalue weighted by Gasteiger charge is -2.17. The maximum atomic E-state index is 12.0. The first-order valence-electron chi connectivity index (χ1n) is 5.80. The summed E-state index contributed by atoms with van der Waals surface area (Å²) >= 11 is 0. The zero-order valence-electron chi connectivity index (χ0n) is 10.4. The van der Waals surface area contributed by atoms with E-state index in [2.05, 4.69) is 4.98 Å². The Hall–Kier alpha value is -1.88. The van der Waals surface area contributed by atoms with Crippen molar-refractivity contribution in [2.75, 3.05) is 0 Å². The van der Waals surface area contributed by atoms with Crippen LogP contribution in [0.2, 0.25) is 0 Å². The normalized spacial score (nSPS) is 11.9. The van der Waals surface area contributed by atoms with E-state index < -0.39 is 5.76 Å². The third-order valence-corrected chi connectivity index (χ3v) is 2.74. The fourth-order valence-corrected chi connectivity index (χ4v) is 1.71. The Morgan fingerprint density at radius 3 is 2.83 bits per heavy atom. The molecule has 0 fully saturated rings. The minimum atomic E-state index is -0.516. The summed E-state index contributed by atoms with van der Waals surface area (Å²) in [6.07, 6.45) is 1.00. The molecule has 0 radical (unpaired) electrons. The van der Waals surface area contributed by atoms with E-state index >= 15 is 0 Å². The third-order valence-electron chi connectivity index (χ3n) is 2.74. The zero-order chi connectivity index (χ0) is 13.3. The van der Waals surface area contributed by atoms with Gasteiger partial charge in [-0.15, -0.1) is 0 Å². The van der Waals surface area contributed by atoms with Crippen molar-refractivity contribution in [3.63, 3.8) is 0 Å². The third kappa shape index (κ3) is 2.87. The fourth-order valence-electron chi connectivity index (χ4n) is 1.71. The molecule has 3 N–H and O–H groups in total. The predicted octanol–water partition coefficient (Wildman–Crippen LogP) is 1.82. The van der Waals surface area contributed by atoms with Crippen LogP contribution in [-0.4, -0.2) is 16.3 Å². The average molecular weight is 248 g/mol. The quantitative estimate of drug-likeness (QED) is 0.808. The van der Waals surface area contributed by atoms with Gasteiger partial charge in [0.2, 0.25) is 0 Å². The molecule has 1 aromatic carbocycles. The van der Waals surface area contributed by atoms with E-state index in [9.17, 15) is 9.59 Å². The minimum Gasteiger partial charge on any atom is -0.408 e. The van der Waals surface area contributed by atoms with Crippen molar-refractivity contribution >= 4 is 16.9 Å². The number of carbonyl (C=O) groups is 1. The molecule has 5 heteroatoms. The number of rotatable bonds is 4. The Balaban J connectivity index is 2.20. The molecule has 0 bridgehead atoms. The van der Waals surface area contributed by atoms with Crippen LogP contribution < -0.4 is 11.5 Å². The standard InChI is InChI=1S/C13H16N2O3/c1-13(2,14)6-5-10(16)8-3-4-11-9(7-8)15-12(17)18-11/h3-4,7H,5-6,14H2,1-2H3,(H,15,17). The highest BCUT2D eigenvalue weighted by Crippen LogP contribution is 2.16. The zero-order valence-corrected chi connectivity index (χ0v) is 10.4. The summed E-state index contributed by atoms with van der Waals surface area (Å²) in [6, 6.07) is 4.91. The molecule has 18 heavy (non-hydrogen) atoms. The van der Waals surface area contributed by atoms with Gasteiger partial charge in [-0.25, -0.2) is 4.79 Å². The molecule has 0 aliphatic rings. The smallest absolute Gasteiger partial charge is 0.408 e. The van der Waals surface area contributed by atoms with Gasteiger partial charge < -0.3 is 10.2 Å². The van der Waals surface area contributed by atoms with E-state index in [-0.39, 0.29) is 11.3 Å². The minimum absolute atomic E-state index is 0.0115. The van der Waals surface area contributed by atoms with E-state index in [4.69, 9.17) is 10.2 Å². The summed E-state index contributed by atoms with van der Waals surface area (Å²) in [4.78, 5) is 25.5. The lowest BCUT2D eigenvalue weighted by molar-refractivity contribution is 0.0972.